The second-order valence-electron chi connectivity index (χ2n) is 6.09. The van der Waals surface area contributed by atoms with Gasteiger partial charge in [0.05, 0.1) is 6.42 Å². The van der Waals surface area contributed by atoms with Crippen LogP contribution in [0.15, 0.2) is 24.3 Å². The van der Waals surface area contributed by atoms with Crippen molar-refractivity contribution in [3.05, 3.63) is 29.8 Å². The summed E-state index contributed by atoms with van der Waals surface area (Å²) in [6, 6.07) is 8.02. The molecule has 1 aliphatic heterocycles. The van der Waals surface area contributed by atoms with Crippen LogP contribution in [0.25, 0.3) is 0 Å². The van der Waals surface area contributed by atoms with E-state index in [0.717, 1.165) is 24.1 Å². The molecule has 22 heavy (non-hydrogen) atoms. The Kier molecular flexibility index (Phi) is 4.61. The third-order valence-electron chi connectivity index (χ3n) is 4.49. The zero-order valence-corrected chi connectivity index (χ0v) is 12.8. The molecular formula is C17H23N3O2. The zero-order chi connectivity index (χ0) is 15.4. The van der Waals surface area contributed by atoms with Crippen molar-refractivity contribution in [2.45, 2.75) is 44.6 Å². The van der Waals surface area contributed by atoms with Crippen LogP contribution in [0.3, 0.4) is 0 Å². The van der Waals surface area contributed by atoms with Crippen LogP contribution >= 0.6 is 0 Å². The van der Waals surface area contributed by atoms with Crippen molar-refractivity contribution in [3.8, 4) is 0 Å². The zero-order valence-electron chi connectivity index (χ0n) is 12.8. The van der Waals surface area contributed by atoms with E-state index < -0.39 is 0 Å². The first-order valence-corrected chi connectivity index (χ1v) is 8.16. The fraction of sp³-hybridized carbons (Fsp3) is 0.529. The number of rotatable bonds is 4. The van der Waals surface area contributed by atoms with Gasteiger partial charge in [0.2, 0.25) is 5.91 Å². The van der Waals surface area contributed by atoms with Crippen LogP contribution in [-0.2, 0) is 11.2 Å². The molecule has 0 aromatic heterocycles. The Morgan fingerprint density at radius 3 is 2.77 bits per heavy atom. The molecule has 1 aliphatic carbocycles. The number of hydrogen-bond acceptors (Lipinski definition) is 2. The molecule has 0 radical (unpaired) electrons. The van der Waals surface area contributed by atoms with E-state index in [2.05, 4.69) is 10.6 Å². The molecule has 1 fully saturated rings. The van der Waals surface area contributed by atoms with Crippen LogP contribution < -0.4 is 15.5 Å². The van der Waals surface area contributed by atoms with Crippen LogP contribution in [-0.4, -0.2) is 31.1 Å². The fourth-order valence-corrected chi connectivity index (χ4v) is 3.33. The molecule has 3 rings (SSSR count). The molecule has 1 heterocycles. The Hall–Kier alpha value is -2.04. The normalized spacial score (nSPS) is 18.2. The lowest BCUT2D eigenvalue weighted by Gasteiger charge is -2.23. The van der Waals surface area contributed by atoms with Gasteiger partial charge in [0.15, 0.2) is 0 Å². The number of urea groups is 1. The van der Waals surface area contributed by atoms with Crippen molar-refractivity contribution in [2.24, 2.45) is 0 Å². The number of carbonyl (C=O) groups excluding carboxylic acids is 2. The quantitative estimate of drug-likeness (QED) is 0.895. The third-order valence-corrected chi connectivity index (χ3v) is 4.49. The first-order chi connectivity index (χ1) is 10.7. The molecule has 5 nitrogen and oxygen atoms in total. The molecule has 5 heteroatoms. The van der Waals surface area contributed by atoms with Gasteiger partial charge in [-0.25, -0.2) is 4.79 Å². The van der Waals surface area contributed by atoms with Gasteiger partial charge in [-0.3, -0.25) is 4.79 Å². The van der Waals surface area contributed by atoms with Gasteiger partial charge in [-0.2, -0.15) is 0 Å². The number of fused-ring (bicyclic) bond motifs is 1. The standard InChI is InChI=1S/C17H23N3O2/c21-16-12-13-6-4-5-9-15(13)20(16)11-10-18-17(22)19-14-7-2-1-3-8-14/h4-6,9,14H,1-3,7-8,10-12H2,(H2,18,19,22). The molecule has 2 aliphatic rings. The lowest BCUT2D eigenvalue weighted by molar-refractivity contribution is -0.117. The first-order valence-electron chi connectivity index (χ1n) is 8.16. The summed E-state index contributed by atoms with van der Waals surface area (Å²) in [6.45, 7) is 0.993. The monoisotopic (exact) mass is 301 g/mol. The largest absolute Gasteiger partial charge is 0.336 e. The Balaban J connectivity index is 1.45. The summed E-state index contributed by atoms with van der Waals surface area (Å²) in [4.78, 5) is 25.7. The number of amides is 3. The number of carbonyl (C=O) groups is 2. The Morgan fingerprint density at radius 2 is 1.95 bits per heavy atom. The molecular weight excluding hydrogens is 278 g/mol. The summed E-state index contributed by atoms with van der Waals surface area (Å²) in [5.74, 6) is 0.107. The van der Waals surface area contributed by atoms with Gasteiger partial charge in [0.1, 0.15) is 0 Å². The highest BCUT2D eigenvalue weighted by atomic mass is 16.2. The van der Waals surface area contributed by atoms with E-state index in [1.54, 1.807) is 4.90 Å². The molecule has 1 saturated carbocycles. The number of anilines is 1. The Labute approximate surface area is 131 Å². The van der Waals surface area contributed by atoms with Gasteiger partial charge in [0, 0.05) is 24.8 Å². The summed E-state index contributed by atoms with van der Waals surface area (Å²) in [5, 5.41) is 5.89. The number of benzene rings is 1. The Bertz CT molecular complexity index is 553. The van der Waals surface area contributed by atoms with Crippen molar-refractivity contribution in [2.75, 3.05) is 18.0 Å². The summed E-state index contributed by atoms with van der Waals surface area (Å²) in [5.41, 5.74) is 2.04. The molecule has 3 amide bonds. The van der Waals surface area contributed by atoms with Crippen molar-refractivity contribution in [1.29, 1.82) is 0 Å². The lowest BCUT2D eigenvalue weighted by Crippen LogP contribution is -2.45. The second kappa shape index (κ2) is 6.81. The summed E-state index contributed by atoms with van der Waals surface area (Å²) in [6.07, 6.45) is 6.28. The van der Waals surface area contributed by atoms with Crippen LogP contribution in [0.5, 0.6) is 0 Å². The average Bonchev–Trinajstić information content (AvgIpc) is 2.84. The topological polar surface area (TPSA) is 61.4 Å². The van der Waals surface area contributed by atoms with Crippen molar-refractivity contribution in [3.63, 3.8) is 0 Å². The van der Waals surface area contributed by atoms with Crippen molar-refractivity contribution >= 4 is 17.6 Å². The molecule has 0 saturated heterocycles. The number of hydrogen-bond donors (Lipinski definition) is 2. The Morgan fingerprint density at radius 1 is 1.18 bits per heavy atom. The minimum atomic E-state index is -0.119. The predicted molar refractivity (Wildman–Crippen MR) is 85.9 cm³/mol. The van der Waals surface area contributed by atoms with Crippen LogP contribution in [0.4, 0.5) is 10.5 Å². The van der Waals surface area contributed by atoms with Crippen LogP contribution in [0.1, 0.15) is 37.7 Å². The van der Waals surface area contributed by atoms with E-state index in [1.807, 2.05) is 24.3 Å². The van der Waals surface area contributed by atoms with Gasteiger partial charge in [-0.15, -0.1) is 0 Å². The summed E-state index contributed by atoms with van der Waals surface area (Å²) in [7, 11) is 0. The number of nitrogens with one attached hydrogen (secondary N) is 2. The van der Waals surface area contributed by atoms with E-state index in [9.17, 15) is 9.59 Å². The predicted octanol–water partition coefficient (Wildman–Crippen LogP) is 2.21. The minimum Gasteiger partial charge on any atom is -0.336 e. The smallest absolute Gasteiger partial charge is 0.315 e. The van der Waals surface area contributed by atoms with Crippen LogP contribution in [0.2, 0.25) is 0 Å². The highest BCUT2D eigenvalue weighted by Crippen LogP contribution is 2.27. The van der Waals surface area contributed by atoms with Crippen molar-refractivity contribution in [1.82, 2.24) is 10.6 Å². The van der Waals surface area contributed by atoms with Gasteiger partial charge >= 0.3 is 6.03 Å². The van der Waals surface area contributed by atoms with Crippen molar-refractivity contribution < 1.29 is 9.59 Å². The molecule has 0 unspecified atom stereocenters. The van der Waals surface area contributed by atoms with E-state index in [0.29, 0.717) is 25.6 Å². The highest BCUT2D eigenvalue weighted by molar-refractivity contribution is 6.01. The molecule has 2 N–H and O–H groups in total. The van der Waals surface area contributed by atoms with Gasteiger partial charge in [0.25, 0.3) is 0 Å². The van der Waals surface area contributed by atoms with Gasteiger partial charge in [-0.05, 0) is 24.5 Å². The van der Waals surface area contributed by atoms with E-state index in [1.165, 1.54) is 19.3 Å². The molecule has 0 bridgehead atoms. The highest BCUT2D eigenvalue weighted by Gasteiger charge is 2.26. The first kappa shape index (κ1) is 14.9. The maximum absolute atomic E-state index is 12.0. The second-order valence-corrected chi connectivity index (χ2v) is 6.09. The average molecular weight is 301 g/mol. The summed E-state index contributed by atoms with van der Waals surface area (Å²) < 4.78 is 0. The molecule has 1 aromatic rings. The minimum absolute atomic E-state index is 0.107. The molecule has 0 atom stereocenters. The van der Waals surface area contributed by atoms with E-state index in [-0.39, 0.29) is 11.9 Å². The molecule has 0 spiro atoms. The van der Waals surface area contributed by atoms with Gasteiger partial charge in [-0.1, -0.05) is 37.5 Å². The third kappa shape index (κ3) is 3.40. The maximum atomic E-state index is 12.0. The number of para-hydroxylation sites is 1. The summed E-state index contributed by atoms with van der Waals surface area (Å²) >= 11 is 0. The fourth-order valence-electron chi connectivity index (χ4n) is 3.33. The van der Waals surface area contributed by atoms with E-state index >= 15 is 0 Å². The maximum Gasteiger partial charge on any atom is 0.315 e. The molecule has 118 valence electrons. The SMILES string of the molecule is O=C(NCCN1C(=O)Cc2ccccc21)NC1CCCCC1. The number of nitrogens with zero attached hydrogens (tertiary/aromatic N) is 1. The molecule has 1 aromatic carbocycles. The lowest BCUT2D eigenvalue weighted by atomic mass is 9.96. The van der Waals surface area contributed by atoms with E-state index in [4.69, 9.17) is 0 Å². The van der Waals surface area contributed by atoms with Crippen LogP contribution in [0, 0.1) is 0 Å². The van der Waals surface area contributed by atoms with Gasteiger partial charge < -0.3 is 15.5 Å².